The van der Waals surface area contributed by atoms with Gasteiger partial charge in [-0.2, -0.15) is 0 Å². The van der Waals surface area contributed by atoms with E-state index >= 15 is 0 Å². The lowest BCUT2D eigenvalue weighted by Gasteiger charge is -2.23. The summed E-state index contributed by atoms with van der Waals surface area (Å²) in [6.07, 6.45) is 0.522. The van der Waals surface area contributed by atoms with Crippen LogP contribution in [0.25, 0.3) is 11.3 Å². The maximum atomic E-state index is 12.9. The molecule has 0 saturated heterocycles. The molecule has 2 amide bonds. The van der Waals surface area contributed by atoms with Gasteiger partial charge in [0, 0.05) is 30.0 Å². The summed E-state index contributed by atoms with van der Waals surface area (Å²) < 4.78 is 0. The predicted molar refractivity (Wildman–Crippen MR) is 120 cm³/mol. The molecule has 0 fully saturated rings. The topological polar surface area (TPSA) is 113 Å². The third kappa shape index (κ3) is 5.09. The minimum absolute atomic E-state index is 0.0568. The summed E-state index contributed by atoms with van der Waals surface area (Å²) in [4.78, 5) is 36.0. The van der Waals surface area contributed by atoms with Gasteiger partial charge in [0.1, 0.15) is 5.03 Å². The monoisotopic (exact) mass is 428 g/mol. The van der Waals surface area contributed by atoms with Crippen molar-refractivity contribution < 1.29 is 9.59 Å². The Morgan fingerprint density at radius 2 is 1.77 bits per heavy atom. The van der Waals surface area contributed by atoms with Crippen molar-refractivity contribution in [3.63, 3.8) is 0 Å². The molecular weight excluding hydrogens is 400 g/mol. The van der Waals surface area contributed by atoms with E-state index in [4.69, 9.17) is 5.73 Å². The molecule has 2 aromatic rings. The standard InChI is InChI=1S/C21H28N6O2S/c1-12-9-13(2)15-10-14(12)16-11-18(26-21(22)25-16)30-8-7-24-20(29)17(27(3)4)5-6-23-19(15)28/h9-11,17H,5-8H2,1-4H3,(H,23,28)(H,24,29)(H2,22,25,26). The number of rotatable bonds is 1. The van der Waals surface area contributed by atoms with Crippen molar-refractivity contribution in [1.29, 1.82) is 0 Å². The lowest BCUT2D eigenvalue weighted by Crippen LogP contribution is -2.46. The molecule has 4 N–H and O–H groups in total. The lowest BCUT2D eigenvalue weighted by molar-refractivity contribution is -0.125. The third-order valence-corrected chi connectivity index (χ3v) is 6.01. The zero-order valence-corrected chi connectivity index (χ0v) is 18.6. The Hall–Kier alpha value is -2.65. The van der Waals surface area contributed by atoms with E-state index in [2.05, 4.69) is 20.6 Å². The summed E-state index contributed by atoms with van der Waals surface area (Å²) in [7, 11) is 3.72. The second kappa shape index (κ2) is 9.44. The molecule has 1 aromatic heterocycles. The molecule has 4 bridgehead atoms. The number of fused-ring (bicyclic) bond motifs is 5. The van der Waals surface area contributed by atoms with Crippen LogP contribution in [0, 0.1) is 13.8 Å². The molecular formula is C21H28N6O2S. The highest BCUT2D eigenvalue weighted by Crippen LogP contribution is 2.28. The van der Waals surface area contributed by atoms with Gasteiger partial charge in [0.15, 0.2) is 0 Å². The van der Waals surface area contributed by atoms with Crippen LogP contribution < -0.4 is 16.4 Å². The normalized spacial score (nSPS) is 18.1. The number of benzene rings is 1. The molecule has 3 rings (SSSR count). The van der Waals surface area contributed by atoms with Gasteiger partial charge in [-0.05, 0) is 57.6 Å². The number of nitrogens with two attached hydrogens (primary N) is 1. The first kappa shape index (κ1) is 22.0. The Morgan fingerprint density at radius 1 is 1.03 bits per heavy atom. The second-order valence-corrected chi connectivity index (χ2v) is 8.71. The van der Waals surface area contributed by atoms with Crippen LogP contribution in [-0.4, -0.2) is 65.7 Å². The van der Waals surface area contributed by atoms with Crippen LogP contribution in [-0.2, 0) is 4.79 Å². The van der Waals surface area contributed by atoms with Crippen LogP contribution in [0.1, 0.15) is 27.9 Å². The molecule has 1 unspecified atom stereocenters. The number of nitrogens with one attached hydrogen (secondary N) is 2. The SMILES string of the molecule is Cc1cc(C)c2cc1C(=O)NCCC(N(C)C)C(=O)NCCSc1cc-2nc(N)n1. The van der Waals surface area contributed by atoms with Crippen molar-refractivity contribution in [1.82, 2.24) is 25.5 Å². The summed E-state index contributed by atoms with van der Waals surface area (Å²) >= 11 is 1.51. The Morgan fingerprint density at radius 3 is 2.50 bits per heavy atom. The summed E-state index contributed by atoms with van der Waals surface area (Å²) in [5.74, 6) is 0.615. The number of anilines is 1. The first-order valence-corrected chi connectivity index (χ1v) is 10.9. The summed E-state index contributed by atoms with van der Waals surface area (Å²) in [6.45, 7) is 4.81. The van der Waals surface area contributed by atoms with E-state index in [1.807, 2.05) is 51.0 Å². The number of carbonyl (C=O) groups excluding carboxylic acids is 2. The molecule has 1 aliphatic heterocycles. The van der Waals surface area contributed by atoms with Gasteiger partial charge in [-0.3, -0.25) is 14.5 Å². The number of carbonyl (C=O) groups is 2. The molecule has 30 heavy (non-hydrogen) atoms. The minimum atomic E-state index is -0.320. The Balaban J connectivity index is 2.01. The number of nitrogen functional groups attached to an aromatic ring is 1. The molecule has 1 aromatic carbocycles. The van der Waals surface area contributed by atoms with Crippen LogP contribution in [0.15, 0.2) is 23.2 Å². The number of thioether (sulfide) groups is 1. The predicted octanol–water partition coefficient (Wildman–Crippen LogP) is 1.61. The summed E-state index contributed by atoms with van der Waals surface area (Å²) in [5, 5.41) is 6.65. The first-order valence-electron chi connectivity index (χ1n) is 9.87. The molecule has 160 valence electrons. The fraction of sp³-hybridized carbons (Fsp3) is 0.429. The highest BCUT2D eigenvalue weighted by atomic mass is 32.2. The average molecular weight is 429 g/mol. The van der Waals surface area contributed by atoms with E-state index in [9.17, 15) is 9.59 Å². The van der Waals surface area contributed by atoms with Crippen molar-refractivity contribution in [3.8, 4) is 11.3 Å². The van der Waals surface area contributed by atoms with Crippen LogP contribution in [0.4, 0.5) is 5.95 Å². The molecule has 1 aliphatic rings. The Labute approximate surface area is 181 Å². The maximum absolute atomic E-state index is 12.9. The van der Waals surface area contributed by atoms with Gasteiger partial charge in [-0.15, -0.1) is 11.8 Å². The largest absolute Gasteiger partial charge is 0.368 e. The van der Waals surface area contributed by atoms with Gasteiger partial charge in [-0.1, -0.05) is 6.07 Å². The van der Waals surface area contributed by atoms with Crippen molar-refractivity contribution in [2.75, 3.05) is 38.7 Å². The molecule has 9 heteroatoms. The van der Waals surface area contributed by atoms with Gasteiger partial charge >= 0.3 is 0 Å². The maximum Gasteiger partial charge on any atom is 0.251 e. The Kier molecular flexibility index (Phi) is 6.94. The number of nitrogens with zero attached hydrogens (tertiary/aromatic N) is 3. The number of amides is 2. The number of aryl methyl sites for hydroxylation is 2. The van der Waals surface area contributed by atoms with Crippen LogP contribution in [0.5, 0.6) is 0 Å². The van der Waals surface area contributed by atoms with Crippen molar-refractivity contribution >= 4 is 29.5 Å². The molecule has 1 atom stereocenters. The van der Waals surface area contributed by atoms with E-state index in [1.165, 1.54) is 11.8 Å². The van der Waals surface area contributed by atoms with Gasteiger partial charge in [0.05, 0.1) is 11.7 Å². The van der Waals surface area contributed by atoms with Crippen molar-refractivity contribution in [2.45, 2.75) is 31.3 Å². The highest BCUT2D eigenvalue weighted by Gasteiger charge is 2.21. The van der Waals surface area contributed by atoms with Crippen LogP contribution in [0.2, 0.25) is 0 Å². The van der Waals surface area contributed by atoms with E-state index < -0.39 is 0 Å². The van der Waals surface area contributed by atoms with Gasteiger partial charge in [0.2, 0.25) is 11.9 Å². The molecule has 0 saturated carbocycles. The quantitative estimate of drug-likeness (QED) is 0.592. The molecule has 0 spiro atoms. The molecule has 0 radical (unpaired) electrons. The van der Waals surface area contributed by atoms with E-state index in [0.29, 0.717) is 36.5 Å². The zero-order chi connectivity index (χ0) is 21.8. The number of aromatic nitrogens is 2. The number of hydrogen-bond acceptors (Lipinski definition) is 7. The van der Waals surface area contributed by atoms with E-state index in [-0.39, 0.29) is 23.8 Å². The Bertz CT molecular complexity index is 963. The van der Waals surface area contributed by atoms with Crippen LogP contribution in [0.3, 0.4) is 0 Å². The lowest BCUT2D eigenvalue weighted by atomic mass is 9.97. The molecule has 2 heterocycles. The van der Waals surface area contributed by atoms with Crippen molar-refractivity contribution in [3.05, 3.63) is 34.9 Å². The van der Waals surface area contributed by atoms with Gasteiger partial charge in [0.25, 0.3) is 5.91 Å². The minimum Gasteiger partial charge on any atom is -0.368 e. The third-order valence-electron chi connectivity index (χ3n) is 5.09. The fourth-order valence-corrected chi connectivity index (χ4v) is 4.28. The van der Waals surface area contributed by atoms with E-state index in [1.54, 1.807) is 0 Å². The number of likely N-dealkylation sites (N-methyl/N-ethyl adjacent to an activating group) is 1. The summed E-state index contributed by atoms with van der Waals surface area (Å²) in [5.41, 5.74) is 9.96. The molecule has 8 nitrogen and oxygen atoms in total. The first-order chi connectivity index (χ1) is 14.3. The zero-order valence-electron chi connectivity index (χ0n) is 17.8. The van der Waals surface area contributed by atoms with Gasteiger partial charge < -0.3 is 16.4 Å². The van der Waals surface area contributed by atoms with Crippen LogP contribution >= 0.6 is 11.8 Å². The summed E-state index contributed by atoms with van der Waals surface area (Å²) in [6, 6.07) is 5.39. The second-order valence-electron chi connectivity index (χ2n) is 7.60. The van der Waals surface area contributed by atoms with Gasteiger partial charge in [-0.25, -0.2) is 9.97 Å². The highest BCUT2D eigenvalue weighted by molar-refractivity contribution is 7.99. The van der Waals surface area contributed by atoms with Crippen molar-refractivity contribution in [2.24, 2.45) is 0 Å². The number of hydrogen-bond donors (Lipinski definition) is 3. The van der Waals surface area contributed by atoms with E-state index in [0.717, 1.165) is 21.7 Å². The average Bonchev–Trinajstić information content (AvgIpc) is 2.67. The smallest absolute Gasteiger partial charge is 0.251 e. The fourth-order valence-electron chi connectivity index (χ4n) is 3.52. The molecule has 0 aliphatic carbocycles.